The largest absolute Gasteiger partial charge is 0.226 e. The smallest absolute Gasteiger partial charge is 0.208 e. The molecule has 0 spiro atoms. The van der Waals surface area contributed by atoms with Gasteiger partial charge in [-0.2, -0.15) is 9.97 Å². The molecule has 4 heteroatoms. The molecule has 3 aromatic rings. The monoisotopic (exact) mass is 399 g/mol. The maximum absolute atomic E-state index is 6.31. The summed E-state index contributed by atoms with van der Waals surface area (Å²) in [5, 5.41) is 2.20. The average Bonchev–Trinajstić information content (AvgIpc) is 2.75. The lowest BCUT2D eigenvalue weighted by Crippen LogP contribution is -2.27. The van der Waals surface area contributed by atoms with E-state index < -0.39 is 0 Å². The first kappa shape index (κ1) is 20.4. The standard InChI is InChI=1S/C25H22ClN3/c1-5-17-13-9-11-15-21(17)19(7-3)23-27-24(29-25(26)28-23)20(8-4)22-16-12-10-14-18(22)6-2/h5-16H,1,4H2,2-3H3/b18-6-,19-7+,22-20+. The first-order valence-electron chi connectivity index (χ1n) is 9.31. The number of allylic oxidation sites excluding steroid dienone is 2. The molecule has 3 nitrogen and oxygen atoms in total. The Balaban J connectivity index is 2.29. The summed E-state index contributed by atoms with van der Waals surface area (Å²) in [6.07, 6.45) is 7.58. The highest BCUT2D eigenvalue weighted by atomic mass is 35.5. The van der Waals surface area contributed by atoms with Gasteiger partial charge in [0.15, 0.2) is 11.6 Å². The van der Waals surface area contributed by atoms with Crippen molar-refractivity contribution in [2.75, 3.05) is 0 Å². The van der Waals surface area contributed by atoms with Crippen LogP contribution in [0, 0.1) is 0 Å². The van der Waals surface area contributed by atoms with Crippen LogP contribution in [-0.4, -0.2) is 15.0 Å². The third-order valence-electron chi connectivity index (χ3n) is 4.62. The molecule has 0 saturated carbocycles. The quantitative estimate of drug-likeness (QED) is 0.618. The fourth-order valence-corrected chi connectivity index (χ4v) is 3.39. The van der Waals surface area contributed by atoms with Crippen LogP contribution in [0.15, 0.2) is 73.8 Å². The van der Waals surface area contributed by atoms with Gasteiger partial charge in [0.05, 0.1) is 0 Å². The summed E-state index contributed by atoms with van der Waals surface area (Å²) in [7, 11) is 0. The molecule has 0 saturated heterocycles. The minimum atomic E-state index is 0.137. The Morgan fingerprint density at radius 3 is 2.28 bits per heavy atom. The van der Waals surface area contributed by atoms with Gasteiger partial charge in [0.1, 0.15) is 0 Å². The van der Waals surface area contributed by atoms with E-state index in [9.17, 15) is 0 Å². The van der Waals surface area contributed by atoms with E-state index in [1.807, 2.05) is 80.6 Å². The summed E-state index contributed by atoms with van der Waals surface area (Å²) in [6.45, 7) is 11.8. The van der Waals surface area contributed by atoms with Crippen molar-refractivity contribution in [2.24, 2.45) is 0 Å². The van der Waals surface area contributed by atoms with Crippen molar-refractivity contribution in [1.82, 2.24) is 15.0 Å². The van der Waals surface area contributed by atoms with E-state index in [-0.39, 0.29) is 5.28 Å². The summed E-state index contributed by atoms with van der Waals surface area (Å²) in [6, 6.07) is 16.0. The Kier molecular flexibility index (Phi) is 6.53. The molecule has 2 aromatic carbocycles. The summed E-state index contributed by atoms with van der Waals surface area (Å²) in [5.41, 5.74) is 3.65. The first-order valence-corrected chi connectivity index (χ1v) is 9.69. The molecule has 0 aliphatic carbocycles. The second-order valence-electron chi connectivity index (χ2n) is 6.24. The summed E-state index contributed by atoms with van der Waals surface area (Å²) < 4.78 is 0. The van der Waals surface area contributed by atoms with Gasteiger partial charge in [-0.25, -0.2) is 4.98 Å². The molecule has 0 amide bonds. The number of nitrogens with zero attached hydrogens (tertiary/aromatic N) is 3. The van der Waals surface area contributed by atoms with Crippen molar-refractivity contribution in [1.29, 1.82) is 0 Å². The molecule has 0 fully saturated rings. The van der Waals surface area contributed by atoms with Crippen molar-refractivity contribution < 1.29 is 0 Å². The van der Waals surface area contributed by atoms with Gasteiger partial charge in [-0.15, -0.1) is 0 Å². The molecule has 144 valence electrons. The molecule has 29 heavy (non-hydrogen) atoms. The second kappa shape index (κ2) is 9.26. The Morgan fingerprint density at radius 1 is 0.897 bits per heavy atom. The van der Waals surface area contributed by atoms with Gasteiger partial charge in [0.2, 0.25) is 5.28 Å². The molecule has 0 N–H and O–H groups in total. The number of rotatable bonds is 5. The normalized spacial score (nSPS) is 13.2. The van der Waals surface area contributed by atoms with Gasteiger partial charge in [-0.05, 0) is 47.0 Å². The molecular weight excluding hydrogens is 378 g/mol. The number of hydrogen-bond acceptors (Lipinski definition) is 3. The van der Waals surface area contributed by atoms with Crippen LogP contribution in [0.25, 0.3) is 23.3 Å². The Bertz CT molecular complexity index is 1220. The van der Waals surface area contributed by atoms with E-state index in [0.29, 0.717) is 11.6 Å². The topological polar surface area (TPSA) is 38.7 Å². The van der Waals surface area contributed by atoms with Crippen LogP contribution < -0.4 is 10.4 Å². The summed E-state index contributed by atoms with van der Waals surface area (Å²) in [5.74, 6) is 0.994. The molecule has 1 aromatic heterocycles. The lowest BCUT2D eigenvalue weighted by Gasteiger charge is -2.11. The number of hydrogen-bond donors (Lipinski definition) is 0. The van der Waals surface area contributed by atoms with Crippen LogP contribution in [0.4, 0.5) is 0 Å². The van der Waals surface area contributed by atoms with Crippen molar-refractivity contribution in [3.05, 3.63) is 112 Å². The van der Waals surface area contributed by atoms with E-state index in [1.165, 1.54) is 0 Å². The highest BCUT2D eigenvalue weighted by Gasteiger charge is 2.15. The summed E-state index contributed by atoms with van der Waals surface area (Å²) in [4.78, 5) is 13.5. The van der Waals surface area contributed by atoms with E-state index in [1.54, 1.807) is 6.08 Å². The molecule has 3 rings (SSSR count). The average molecular weight is 400 g/mol. The minimum absolute atomic E-state index is 0.137. The van der Waals surface area contributed by atoms with Gasteiger partial charge in [-0.3, -0.25) is 0 Å². The number of aromatic nitrogens is 3. The van der Waals surface area contributed by atoms with Crippen LogP contribution in [0.2, 0.25) is 5.28 Å². The lowest BCUT2D eigenvalue weighted by molar-refractivity contribution is 0.990. The number of halogens is 1. The third-order valence-corrected chi connectivity index (χ3v) is 4.78. The van der Waals surface area contributed by atoms with Crippen molar-refractivity contribution in [2.45, 2.75) is 13.8 Å². The molecule has 1 heterocycles. The SMILES string of the molecule is C=C/C(c1nc(Cl)nc(/C(=C/C)c2ccccc2C=C)n1)=c1/cccc/c1=C/C. The van der Waals surface area contributed by atoms with E-state index >= 15 is 0 Å². The molecule has 0 atom stereocenters. The minimum Gasteiger partial charge on any atom is -0.208 e. The Labute approximate surface area is 176 Å². The fourth-order valence-electron chi connectivity index (χ4n) is 3.23. The molecule has 0 aliphatic heterocycles. The van der Waals surface area contributed by atoms with Gasteiger partial charge < -0.3 is 0 Å². The van der Waals surface area contributed by atoms with Gasteiger partial charge in [-0.1, -0.05) is 86.0 Å². The Morgan fingerprint density at radius 2 is 1.59 bits per heavy atom. The predicted octanol–water partition coefficient (Wildman–Crippen LogP) is 4.81. The maximum atomic E-state index is 6.31. The van der Waals surface area contributed by atoms with Crippen LogP contribution >= 0.6 is 11.6 Å². The van der Waals surface area contributed by atoms with Crippen LogP contribution in [0.3, 0.4) is 0 Å². The Hall–Kier alpha value is -3.30. The highest BCUT2D eigenvalue weighted by molar-refractivity contribution is 6.28. The number of benzene rings is 2. The second-order valence-corrected chi connectivity index (χ2v) is 6.58. The van der Waals surface area contributed by atoms with E-state index in [0.717, 1.165) is 32.7 Å². The fraction of sp³-hybridized carbons (Fsp3) is 0.0800. The molecule has 0 unspecified atom stereocenters. The van der Waals surface area contributed by atoms with Crippen LogP contribution in [0.1, 0.15) is 36.6 Å². The molecular formula is C25H22ClN3. The van der Waals surface area contributed by atoms with E-state index in [2.05, 4.69) is 23.1 Å². The first-order chi connectivity index (χ1) is 14.1. The zero-order valence-electron chi connectivity index (χ0n) is 16.6. The van der Waals surface area contributed by atoms with Crippen molar-refractivity contribution >= 4 is 34.9 Å². The predicted molar refractivity (Wildman–Crippen MR) is 123 cm³/mol. The zero-order chi connectivity index (χ0) is 20.8. The van der Waals surface area contributed by atoms with Crippen molar-refractivity contribution in [3.8, 4) is 0 Å². The van der Waals surface area contributed by atoms with Gasteiger partial charge >= 0.3 is 0 Å². The lowest BCUT2D eigenvalue weighted by atomic mass is 9.99. The maximum Gasteiger partial charge on any atom is 0.226 e. The zero-order valence-corrected chi connectivity index (χ0v) is 17.3. The molecule has 0 bridgehead atoms. The van der Waals surface area contributed by atoms with Crippen LogP contribution in [-0.2, 0) is 0 Å². The highest BCUT2D eigenvalue weighted by Crippen LogP contribution is 2.26. The molecule has 0 aliphatic rings. The van der Waals surface area contributed by atoms with Crippen molar-refractivity contribution in [3.63, 3.8) is 0 Å². The van der Waals surface area contributed by atoms with Gasteiger partial charge in [0, 0.05) is 11.1 Å². The van der Waals surface area contributed by atoms with E-state index in [4.69, 9.17) is 16.6 Å². The third kappa shape index (κ3) is 4.25. The van der Waals surface area contributed by atoms with Crippen LogP contribution in [0.5, 0.6) is 0 Å². The summed E-state index contributed by atoms with van der Waals surface area (Å²) >= 11 is 6.31. The van der Waals surface area contributed by atoms with Gasteiger partial charge in [0.25, 0.3) is 0 Å². The molecule has 0 radical (unpaired) electrons.